The number of fused-ring (bicyclic) bond motifs is 1. The second-order valence-electron chi connectivity index (χ2n) is 3.13. The minimum Gasteiger partial charge on any atom is -0.359 e. The van der Waals surface area contributed by atoms with Crippen LogP contribution in [-0.2, 0) is 4.94 Å². The Bertz CT molecular complexity index is 700. The van der Waals surface area contributed by atoms with Gasteiger partial charge in [-0.2, -0.15) is 0 Å². The fraction of sp³-hybridized carbons (Fsp3) is 0. The Morgan fingerprint density at radius 3 is 2.94 bits per heavy atom. The Labute approximate surface area is 94.1 Å². The van der Waals surface area contributed by atoms with Gasteiger partial charge in [0.1, 0.15) is 16.8 Å². The van der Waals surface area contributed by atoms with Crippen molar-refractivity contribution in [2.45, 2.75) is 0 Å². The van der Waals surface area contributed by atoms with Gasteiger partial charge in [-0.1, -0.05) is 5.92 Å². The molecule has 2 heterocycles. The summed E-state index contributed by atoms with van der Waals surface area (Å²) in [7, 11) is 0. The standard InChI is InChI=1S/C11H5FN2O3/c1-2-6-3-4-8-9(14-6)10(15)7(5-13-8)11(16)17-12/h1,3-5H,(H,13,15). The lowest BCUT2D eigenvalue weighted by Gasteiger charge is -1.99. The normalized spacial score (nSPS) is 9.88. The Hall–Kier alpha value is -2.68. The lowest BCUT2D eigenvalue weighted by atomic mass is 10.2. The molecular formula is C11H5FN2O3. The van der Waals surface area contributed by atoms with Gasteiger partial charge in [-0.25, -0.2) is 14.7 Å². The molecule has 2 aromatic heterocycles. The third-order valence-electron chi connectivity index (χ3n) is 2.16. The van der Waals surface area contributed by atoms with Crippen molar-refractivity contribution in [3.8, 4) is 12.3 Å². The number of nitrogens with zero attached hydrogens (tertiary/aromatic N) is 1. The Morgan fingerprint density at radius 1 is 1.53 bits per heavy atom. The molecule has 6 heteroatoms. The number of carbonyl (C=O) groups excluding carboxylic acids is 1. The molecule has 0 unspecified atom stereocenters. The summed E-state index contributed by atoms with van der Waals surface area (Å²) in [6, 6.07) is 3.08. The summed E-state index contributed by atoms with van der Waals surface area (Å²) in [6.45, 7) is 0. The van der Waals surface area contributed by atoms with E-state index >= 15 is 0 Å². The van der Waals surface area contributed by atoms with Gasteiger partial charge in [0.25, 0.3) is 0 Å². The molecule has 2 rings (SSSR count). The van der Waals surface area contributed by atoms with E-state index in [9.17, 15) is 14.1 Å². The van der Waals surface area contributed by atoms with Gasteiger partial charge >= 0.3 is 5.97 Å². The van der Waals surface area contributed by atoms with Crippen molar-refractivity contribution >= 4 is 17.0 Å². The molecule has 0 fully saturated rings. The number of halogens is 1. The van der Waals surface area contributed by atoms with Gasteiger partial charge in [0.2, 0.25) is 5.43 Å². The number of aromatic amines is 1. The molecule has 1 N–H and O–H groups in total. The third-order valence-corrected chi connectivity index (χ3v) is 2.16. The molecule has 0 aliphatic carbocycles. The largest absolute Gasteiger partial charge is 0.385 e. The number of terminal acetylenes is 1. The Morgan fingerprint density at radius 2 is 2.29 bits per heavy atom. The van der Waals surface area contributed by atoms with Crippen LogP contribution in [0.15, 0.2) is 23.1 Å². The van der Waals surface area contributed by atoms with E-state index in [2.05, 4.69) is 20.8 Å². The first-order valence-corrected chi connectivity index (χ1v) is 4.49. The van der Waals surface area contributed by atoms with Gasteiger partial charge in [0, 0.05) is 10.7 Å². The fourth-order valence-corrected chi connectivity index (χ4v) is 1.37. The average Bonchev–Trinajstić information content (AvgIpc) is 2.38. The molecule has 0 atom stereocenters. The molecule has 0 radical (unpaired) electrons. The summed E-state index contributed by atoms with van der Waals surface area (Å²) >= 11 is 0. The molecule has 0 aliphatic heterocycles. The smallest absolute Gasteiger partial charge is 0.359 e. The molecule has 84 valence electrons. The van der Waals surface area contributed by atoms with Gasteiger partial charge in [0.05, 0.1) is 5.52 Å². The molecular weight excluding hydrogens is 227 g/mol. The second-order valence-corrected chi connectivity index (χ2v) is 3.13. The van der Waals surface area contributed by atoms with Crippen LogP contribution in [-0.4, -0.2) is 15.9 Å². The van der Waals surface area contributed by atoms with Gasteiger partial charge in [-0.3, -0.25) is 4.79 Å². The molecule has 0 bridgehead atoms. The maximum absolute atomic E-state index is 11.8. The number of carbonyl (C=O) groups is 1. The molecule has 5 nitrogen and oxygen atoms in total. The SMILES string of the molecule is C#Cc1ccc2[nH]cc(C(=O)OF)c(=O)c2n1. The number of hydrogen-bond acceptors (Lipinski definition) is 4. The van der Waals surface area contributed by atoms with Crippen LogP contribution in [0.4, 0.5) is 4.53 Å². The van der Waals surface area contributed by atoms with E-state index in [1.54, 1.807) is 6.07 Å². The van der Waals surface area contributed by atoms with E-state index in [0.29, 0.717) is 5.52 Å². The van der Waals surface area contributed by atoms with Gasteiger partial charge < -0.3 is 4.98 Å². The molecule has 0 saturated heterocycles. The molecule has 0 aromatic carbocycles. The Balaban J connectivity index is 2.79. The number of nitrogens with one attached hydrogen (secondary N) is 1. The van der Waals surface area contributed by atoms with E-state index < -0.39 is 17.0 Å². The zero-order valence-corrected chi connectivity index (χ0v) is 8.36. The highest BCUT2D eigenvalue weighted by molar-refractivity contribution is 5.92. The van der Waals surface area contributed by atoms with Crippen molar-refractivity contribution in [2.75, 3.05) is 0 Å². The minimum atomic E-state index is -1.37. The summed E-state index contributed by atoms with van der Waals surface area (Å²) in [5, 5.41) is 0. The summed E-state index contributed by atoms with van der Waals surface area (Å²) in [6.07, 6.45) is 6.20. The van der Waals surface area contributed by atoms with Gasteiger partial charge in [-0.05, 0) is 12.1 Å². The fourth-order valence-electron chi connectivity index (χ4n) is 1.37. The van der Waals surface area contributed by atoms with Crippen LogP contribution in [0.25, 0.3) is 11.0 Å². The number of H-pyrrole nitrogens is 1. The Kier molecular flexibility index (Phi) is 2.58. The molecule has 0 amide bonds. The summed E-state index contributed by atoms with van der Waals surface area (Å²) in [4.78, 5) is 32.2. The molecule has 17 heavy (non-hydrogen) atoms. The summed E-state index contributed by atoms with van der Waals surface area (Å²) in [5.74, 6) is 0.881. The van der Waals surface area contributed by atoms with Crippen LogP contribution in [0.5, 0.6) is 0 Å². The summed E-state index contributed by atoms with van der Waals surface area (Å²) < 4.78 is 11.7. The summed E-state index contributed by atoms with van der Waals surface area (Å²) in [5.41, 5.74) is -0.610. The minimum absolute atomic E-state index is 0.0386. The number of aromatic nitrogens is 2. The van der Waals surface area contributed by atoms with Crippen molar-refractivity contribution in [3.63, 3.8) is 0 Å². The van der Waals surface area contributed by atoms with E-state index in [4.69, 9.17) is 6.42 Å². The zero-order chi connectivity index (χ0) is 12.4. The third kappa shape index (κ3) is 1.74. The molecule has 0 saturated carbocycles. The van der Waals surface area contributed by atoms with Gasteiger partial charge in [0.15, 0.2) is 0 Å². The lowest BCUT2D eigenvalue weighted by Crippen LogP contribution is -2.17. The molecule has 0 spiro atoms. The van der Waals surface area contributed by atoms with Crippen LogP contribution in [0, 0.1) is 12.3 Å². The first kappa shape index (κ1) is 10.8. The van der Waals surface area contributed by atoms with Crippen LogP contribution in [0.3, 0.4) is 0 Å². The van der Waals surface area contributed by atoms with Crippen molar-refractivity contribution < 1.29 is 14.3 Å². The number of rotatable bonds is 1. The predicted molar refractivity (Wildman–Crippen MR) is 56.8 cm³/mol. The van der Waals surface area contributed by atoms with Crippen LogP contribution >= 0.6 is 0 Å². The van der Waals surface area contributed by atoms with E-state index in [1.165, 1.54) is 6.07 Å². The first-order valence-electron chi connectivity index (χ1n) is 4.49. The predicted octanol–water partition coefficient (Wildman–Crippen LogP) is 0.946. The topological polar surface area (TPSA) is 72.1 Å². The van der Waals surface area contributed by atoms with Crippen LogP contribution < -0.4 is 5.43 Å². The highest BCUT2D eigenvalue weighted by Gasteiger charge is 2.15. The van der Waals surface area contributed by atoms with Crippen LogP contribution in [0.2, 0.25) is 0 Å². The van der Waals surface area contributed by atoms with E-state index in [-0.39, 0.29) is 11.2 Å². The first-order chi connectivity index (χ1) is 8.17. The molecule has 0 aliphatic rings. The highest BCUT2D eigenvalue weighted by atomic mass is 19.3. The molecule has 2 aromatic rings. The van der Waals surface area contributed by atoms with Crippen molar-refractivity contribution in [2.24, 2.45) is 0 Å². The lowest BCUT2D eigenvalue weighted by molar-refractivity contribution is -0.0789. The zero-order valence-electron chi connectivity index (χ0n) is 8.36. The number of pyridine rings is 2. The van der Waals surface area contributed by atoms with Crippen molar-refractivity contribution in [1.29, 1.82) is 0 Å². The maximum Gasteiger partial charge on any atom is 0.385 e. The quantitative estimate of drug-likeness (QED) is 0.743. The van der Waals surface area contributed by atoms with Gasteiger partial charge in [-0.15, -0.1) is 6.42 Å². The monoisotopic (exact) mass is 232 g/mol. The second kappa shape index (κ2) is 4.06. The highest BCUT2D eigenvalue weighted by Crippen LogP contribution is 2.07. The maximum atomic E-state index is 11.8. The van der Waals surface area contributed by atoms with Crippen molar-refractivity contribution in [3.05, 3.63) is 39.8 Å². The van der Waals surface area contributed by atoms with E-state index in [1.807, 2.05) is 0 Å². The van der Waals surface area contributed by atoms with Crippen molar-refractivity contribution in [1.82, 2.24) is 9.97 Å². The van der Waals surface area contributed by atoms with E-state index in [0.717, 1.165) is 6.20 Å². The van der Waals surface area contributed by atoms with Crippen LogP contribution in [0.1, 0.15) is 16.1 Å². The number of hydrogen-bond donors (Lipinski definition) is 1. The average molecular weight is 232 g/mol.